The molecule has 0 aromatic carbocycles. The Balaban J connectivity index is 2.37. The molecule has 1 aliphatic heterocycles. The standard InChI is InChI=1S/C14H27N3O3/c1-5-16-12(18)10-15-9-11-7-6-8-17(11)13(19)20-14(2,3)4/h11,15H,5-10H2,1-4H3,(H,16,18). The second kappa shape index (κ2) is 7.47. The van der Waals surface area contributed by atoms with Crippen LogP contribution in [0.4, 0.5) is 4.79 Å². The van der Waals surface area contributed by atoms with E-state index in [9.17, 15) is 9.59 Å². The summed E-state index contributed by atoms with van der Waals surface area (Å²) in [5.41, 5.74) is -0.474. The Kier molecular flexibility index (Phi) is 6.26. The third-order valence-electron chi connectivity index (χ3n) is 3.04. The molecule has 1 saturated heterocycles. The van der Waals surface area contributed by atoms with Crippen LogP contribution in [0.25, 0.3) is 0 Å². The molecule has 0 aliphatic carbocycles. The lowest BCUT2D eigenvalue weighted by Crippen LogP contribution is -2.45. The minimum atomic E-state index is -0.474. The number of carbonyl (C=O) groups excluding carboxylic acids is 2. The number of ether oxygens (including phenoxy) is 1. The van der Waals surface area contributed by atoms with Crippen molar-refractivity contribution in [2.45, 2.75) is 52.2 Å². The van der Waals surface area contributed by atoms with E-state index in [0.29, 0.717) is 13.1 Å². The molecule has 0 aromatic heterocycles. The first-order valence-electron chi connectivity index (χ1n) is 7.30. The quantitative estimate of drug-likeness (QED) is 0.794. The van der Waals surface area contributed by atoms with Gasteiger partial charge in [0.1, 0.15) is 5.60 Å². The molecule has 2 amide bonds. The normalized spacial score (nSPS) is 19.0. The average molecular weight is 285 g/mol. The summed E-state index contributed by atoms with van der Waals surface area (Å²) in [6, 6.07) is 0.110. The summed E-state index contributed by atoms with van der Waals surface area (Å²) in [7, 11) is 0. The van der Waals surface area contributed by atoms with E-state index in [0.717, 1.165) is 19.4 Å². The Hall–Kier alpha value is -1.30. The van der Waals surface area contributed by atoms with Crippen LogP contribution >= 0.6 is 0 Å². The van der Waals surface area contributed by atoms with Crippen molar-refractivity contribution in [2.24, 2.45) is 0 Å². The molecule has 0 aromatic rings. The predicted molar refractivity (Wildman–Crippen MR) is 77.5 cm³/mol. The number of hydrogen-bond acceptors (Lipinski definition) is 4. The van der Waals surface area contributed by atoms with Crippen molar-refractivity contribution in [1.82, 2.24) is 15.5 Å². The zero-order valence-electron chi connectivity index (χ0n) is 13.0. The molecule has 0 spiro atoms. The van der Waals surface area contributed by atoms with Crippen LogP contribution in [-0.4, -0.2) is 54.7 Å². The maximum atomic E-state index is 12.1. The van der Waals surface area contributed by atoms with Gasteiger partial charge in [0.25, 0.3) is 0 Å². The zero-order valence-corrected chi connectivity index (χ0v) is 13.0. The van der Waals surface area contributed by atoms with Crippen molar-refractivity contribution in [3.63, 3.8) is 0 Å². The van der Waals surface area contributed by atoms with Crippen LogP contribution in [0.15, 0.2) is 0 Å². The molecule has 6 nitrogen and oxygen atoms in total. The number of hydrogen-bond donors (Lipinski definition) is 2. The fourth-order valence-corrected chi connectivity index (χ4v) is 2.22. The molecule has 1 rings (SSSR count). The third kappa shape index (κ3) is 5.77. The molecule has 20 heavy (non-hydrogen) atoms. The topological polar surface area (TPSA) is 70.7 Å². The SMILES string of the molecule is CCNC(=O)CNCC1CCCN1C(=O)OC(C)(C)C. The van der Waals surface area contributed by atoms with Crippen LogP contribution in [0.1, 0.15) is 40.5 Å². The molecule has 1 aliphatic rings. The number of nitrogens with zero attached hydrogens (tertiary/aromatic N) is 1. The fourth-order valence-electron chi connectivity index (χ4n) is 2.22. The van der Waals surface area contributed by atoms with Crippen LogP contribution in [-0.2, 0) is 9.53 Å². The average Bonchev–Trinajstić information content (AvgIpc) is 2.75. The van der Waals surface area contributed by atoms with E-state index in [-0.39, 0.29) is 24.6 Å². The van der Waals surface area contributed by atoms with Gasteiger partial charge in [-0.05, 0) is 40.5 Å². The molecular weight excluding hydrogens is 258 g/mol. The second-order valence-electron chi connectivity index (χ2n) is 6.05. The second-order valence-corrected chi connectivity index (χ2v) is 6.05. The van der Waals surface area contributed by atoms with Crippen LogP contribution in [0.2, 0.25) is 0 Å². The lowest BCUT2D eigenvalue weighted by Gasteiger charge is -2.28. The first kappa shape index (κ1) is 16.8. The number of amides is 2. The molecule has 2 N–H and O–H groups in total. The van der Waals surface area contributed by atoms with Crippen LogP contribution in [0, 0.1) is 0 Å². The molecule has 1 heterocycles. The van der Waals surface area contributed by atoms with Gasteiger partial charge in [0.05, 0.1) is 6.54 Å². The van der Waals surface area contributed by atoms with Gasteiger partial charge in [0.2, 0.25) is 5.91 Å². The van der Waals surface area contributed by atoms with Crippen molar-refractivity contribution >= 4 is 12.0 Å². The first-order valence-corrected chi connectivity index (χ1v) is 7.30. The van der Waals surface area contributed by atoms with E-state index in [1.807, 2.05) is 27.7 Å². The van der Waals surface area contributed by atoms with E-state index in [1.54, 1.807) is 4.90 Å². The van der Waals surface area contributed by atoms with Gasteiger partial charge in [-0.2, -0.15) is 0 Å². The van der Waals surface area contributed by atoms with E-state index in [2.05, 4.69) is 10.6 Å². The smallest absolute Gasteiger partial charge is 0.410 e. The highest BCUT2D eigenvalue weighted by molar-refractivity contribution is 5.77. The summed E-state index contributed by atoms with van der Waals surface area (Å²) in [4.78, 5) is 25.2. The Morgan fingerprint density at radius 3 is 2.65 bits per heavy atom. The molecule has 0 bridgehead atoms. The summed E-state index contributed by atoms with van der Waals surface area (Å²) in [5.74, 6) is -0.0192. The van der Waals surface area contributed by atoms with Crippen molar-refractivity contribution in [3.8, 4) is 0 Å². The van der Waals surface area contributed by atoms with Gasteiger partial charge in [0, 0.05) is 25.7 Å². The summed E-state index contributed by atoms with van der Waals surface area (Å²) in [6.45, 7) is 9.74. The first-order chi connectivity index (χ1) is 9.33. The molecule has 1 unspecified atom stereocenters. The highest BCUT2D eigenvalue weighted by Crippen LogP contribution is 2.20. The zero-order chi connectivity index (χ0) is 15.2. The lowest BCUT2D eigenvalue weighted by atomic mass is 10.2. The third-order valence-corrected chi connectivity index (χ3v) is 3.04. The highest BCUT2D eigenvalue weighted by atomic mass is 16.6. The minimum absolute atomic E-state index is 0.0192. The number of nitrogens with one attached hydrogen (secondary N) is 2. The van der Waals surface area contributed by atoms with Gasteiger partial charge < -0.3 is 20.3 Å². The van der Waals surface area contributed by atoms with Crippen molar-refractivity contribution in [3.05, 3.63) is 0 Å². The Labute approximate surface area is 121 Å². The van der Waals surface area contributed by atoms with Crippen LogP contribution < -0.4 is 10.6 Å². The number of rotatable bonds is 5. The monoisotopic (exact) mass is 285 g/mol. The number of likely N-dealkylation sites (N-methyl/N-ethyl adjacent to an activating group) is 1. The highest BCUT2D eigenvalue weighted by Gasteiger charge is 2.31. The van der Waals surface area contributed by atoms with Crippen molar-refractivity contribution < 1.29 is 14.3 Å². The molecule has 1 fully saturated rings. The lowest BCUT2D eigenvalue weighted by molar-refractivity contribution is -0.120. The Bertz CT molecular complexity index is 339. The molecular formula is C14H27N3O3. The van der Waals surface area contributed by atoms with Crippen molar-refractivity contribution in [2.75, 3.05) is 26.2 Å². The largest absolute Gasteiger partial charge is 0.444 e. The van der Waals surface area contributed by atoms with E-state index in [4.69, 9.17) is 4.74 Å². The van der Waals surface area contributed by atoms with Crippen LogP contribution in [0.3, 0.4) is 0 Å². The van der Waals surface area contributed by atoms with Gasteiger partial charge >= 0.3 is 6.09 Å². The van der Waals surface area contributed by atoms with E-state index >= 15 is 0 Å². The van der Waals surface area contributed by atoms with Gasteiger partial charge in [-0.25, -0.2) is 4.79 Å². The Morgan fingerprint density at radius 2 is 2.05 bits per heavy atom. The number of carbonyl (C=O) groups is 2. The van der Waals surface area contributed by atoms with Gasteiger partial charge in [-0.1, -0.05) is 0 Å². The predicted octanol–water partition coefficient (Wildman–Crippen LogP) is 1.11. The van der Waals surface area contributed by atoms with Crippen LogP contribution in [0.5, 0.6) is 0 Å². The molecule has 1 atom stereocenters. The van der Waals surface area contributed by atoms with Crippen molar-refractivity contribution in [1.29, 1.82) is 0 Å². The van der Waals surface area contributed by atoms with E-state index in [1.165, 1.54) is 0 Å². The minimum Gasteiger partial charge on any atom is -0.444 e. The molecule has 116 valence electrons. The van der Waals surface area contributed by atoms with Gasteiger partial charge in [-0.3, -0.25) is 4.79 Å². The summed E-state index contributed by atoms with van der Waals surface area (Å²) in [5, 5.41) is 5.83. The maximum Gasteiger partial charge on any atom is 0.410 e. The Morgan fingerprint density at radius 1 is 1.35 bits per heavy atom. The fraction of sp³-hybridized carbons (Fsp3) is 0.857. The van der Waals surface area contributed by atoms with Gasteiger partial charge in [-0.15, -0.1) is 0 Å². The molecule has 6 heteroatoms. The summed E-state index contributed by atoms with van der Waals surface area (Å²) >= 11 is 0. The molecule has 0 saturated carbocycles. The maximum absolute atomic E-state index is 12.1. The van der Waals surface area contributed by atoms with E-state index < -0.39 is 5.60 Å². The molecule has 0 radical (unpaired) electrons. The summed E-state index contributed by atoms with van der Waals surface area (Å²) < 4.78 is 5.40. The van der Waals surface area contributed by atoms with Gasteiger partial charge in [0.15, 0.2) is 0 Å². The summed E-state index contributed by atoms with van der Waals surface area (Å²) in [6.07, 6.45) is 1.66. The number of likely N-dealkylation sites (tertiary alicyclic amines) is 1.